The summed E-state index contributed by atoms with van der Waals surface area (Å²) in [5, 5.41) is 0. The van der Waals surface area contributed by atoms with Crippen LogP contribution in [-0.4, -0.2) is 0 Å². The molecule has 0 aromatic rings. The molecule has 1 rings (SSSR count). The van der Waals surface area contributed by atoms with Crippen LogP contribution in [0.2, 0.25) is 0 Å². The zero-order valence-corrected chi connectivity index (χ0v) is 9.57. The molecule has 2 atom stereocenters. The summed E-state index contributed by atoms with van der Waals surface area (Å²) in [4.78, 5) is 0. The SMILES string of the molecule is CCC(C)(C)C1(C)CC1C(C)C. The Labute approximate surface area is 77.7 Å². The molecule has 0 aliphatic heterocycles. The van der Waals surface area contributed by atoms with E-state index >= 15 is 0 Å². The second-order valence-electron chi connectivity index (χ2n) is 5.71. The summed E-state index contributed by atoms with van der Waals surface area (Å²) in [5.41, 5.74) is 1.18. The fourth-order valence-electron chi connectivity index (χ4n) is 2.55. The molecule has 72 valence electrons. The van der Waals surface area contributed by atoms with E-state index in [9.17, 15) is 0 Å². The first-order chi connectivity index (χ1) is 5.35. The predicted molar refractivity (Wildman–Crippen MR) is 55.1 cm³/mol. The van der Waals surface area contributed by atoms with Crippen molar-refractivity contribution in [1.82, 2.24) is 0 Å². The Hall–Kier alpha value is 0. The maximum atomic E-state index is 2.47. The monoisotopic (exact) mass is 168 g/mol. The molecular weight excluding hydrogens is 144 g/mol. The van der Waals surface area contributed by atoms with Crippen LogP contribution in [-0.2, 0) is 0 Å². The van der Waals surface area contributed by atoms with Crippen LogP contribution in [0.3, 0.4) is 0 Å². The third kappa shape index (κ3) is 1.30. The Morgan fingerprint density at radius 3 is 2.17 bits per heavy atom. The average Bonchev–Trinajstić information content (AvgIpc) is 2.64. The molecule has 1 fully saturated rings. The lowest BCUT2D eigenvalue weighted by Gasteiger charge is -2.33. The highest BCUT2D eigenvalue weighted by atomic mass is 14.6. The van der Waals surface area contributed by atoms with Crippen LogP contribution >= 0.6 is 0 Å². The van der Waals surface area contributed by atoms with Crippen molar-refractivity contribution in [2.24, 2.45) is 22.7 Å². The van der Waals surface area contributed by atoms with Crippen molar-refractivity contribution >= 4 is 0 Å². The summed E-state index contributed by atoms with van der Waals surface area (Å²) in [6.45, 7) is 14.4. The van der Waals surface area contributed by atoms with Crippen LogP contribution < -0.4 is 0 Å². The zero-order chi connectivity index (χ0) is 9.57. The Morgan fingerprint density at radius 1 is 1.42 bits per heavy atom. The van der Waals surface area contributed by atoms with Gasteiger partial charge < -0.3 is 0 Å². The highest BCUT2D eigenvalue weighted by Crippen LogP contribution is 2.66. The standard InChI is InChI=1S/C12H24/c1-7-11(4,5)12(6)8-10(12)9(2)3/h9-10H,7-8H2,1-6H3. The molecule has 0 nitrogen and oxygen atoms in total. The van der Waals surface area contributed by atoms with E-state index in [1.165, 1.54) is 12.8 Å². The van der Waals surface area contributed by atoms with Crippen LogP contribution in [0.5, 0.6) is 0 Å². The minimum Gasteiger partial charge on any atom is -0.0649 e. The number of rotatable bonds is 3. The van der Waals surface area contributed by atoms with Crippen molar-refractivity contribution in [3.63, 3.8) is 0 Å². The summed E-state index contributed by atoms with van der Waals surface area (Å²) in [7, 11) is 0. The molecule has 12 heavy (non-hydrogen) atoms. The highest BCUT2D eigenvalue weighted by Gasteiger charge is 2.58. The van der Waals surface area contributed by atoms with E-state index in [2.05, 4.69) is 41.5 Å². The van der Waals surface area contributed by atoms with Gasteiger partial charge in [-0.2, -0.15) is 0 Å². The molecule has 0 heterocycles. The van der Waals surface area contributed by atoms with E-state index in [1.54, 1.807) is 0 Å². The summed E-state index contributed by atoms with van der Waals surface area (Å²) < 4.78 is 0. The lowest BCUT2D eigenvalue weighted by Crippen LogP contribution is -2.25. The van der Waals surface area contributed by atoms with Crippen molar-refractivity contribution in [3.05, 3.63) is 0 Å². The Balaban J connectivity index is 2.66. The fourth-order valence-corrected chi connectivity index (χ4v) is 2.55. The Bertz CT molecular complexity index is 167. The van der Waals surface area contributed by atoms with Crippen LogP contribution in [0, 0.1) is 22.7 Å². The topological polar surface area (TPSA) is 0 Å². The third-order valence-electron chi connectivity index (χ3n) is 4.54. The van der Waals surface area contributed by atoms with Crippen molar-refractivity contribution in [1.29, 1.82) is 0 Å². The van der Waals surface area contributed by atoms with Gasteiger partial charge in [0.05, 0.1) is 0 Å². The van der Waals surface area contributed by atoms with Gasteiger partial charge >= 0.3 is 0 Å². The van der Waals surface area contributed by atoms with Crippen molar-refractivity contribution in [2.45, 2.75) is 54.4 Å². The molecule has 0 bridgehead atoms. The Morgan fingerprint density at radius 2 is 1.92 bits per heavy atom. The van der Waals surface area contributed by atoms with E-state index in [0.717, 1.165) is 11.8 Å². The van der Waals surface area contributed by atoms with Gasteiger partial charge in [0.15, 0.2) is 0 Å². The molecule has 1 saturated carbocycles. The van der Waals surface area contributed by atoms with E-state index < -0.39 is 0 Å². The van der Waals surface area contributed by atoms with Gasteiger partial charge in [-0.1, -0.05) is 48.0 Å². The lowest BCUT2D eigenvalue weighted by molar-refractivity contribution is 0.166. The first-order valence-corrected chi connectivity index (χ1v) is 5.35. The quantitative estimate of drug-likeness (QED) is 0.595. The van der Waals surface area contributed by atoms with Gasteiger partial charge in [-0.3, -0.25) is 0 Å². The fraction of sp³-hybridized carbons (Fsp3) is 1.00. The van der Waals surface area contributed by atoms with Gasteiger partial charge in [0.25, 0.3) is 0 Å². The van der Waals surface area contributed by atoms with Gasteiger partial charge in [0.2, 0.25) is 0 Å². The van der Waals surface area contributed by atoms with E-state index in [1.807, 2.05) is 0 Å². The molecular formula is C12H24. The maximum absolute atomic E-state index is 2.47. The molecule has 0 amide bonds. The summed E-state index contributed by atoms with van der Waals surface area (Å²) in [6, 6.07) is 0. The average molecular weight is 168 g/mol. The van der Waals surface area contributed by atoms with Crippen LogP contribution in [0.4, 0.5) is 0 Å². The normalized spacial score (nSPS) is 35.8. The van der Waals surface area contributed by atoms with Gasteiger partial charge in [0, 0.05) is 0 Å². The van der Waals surface area contributed by atoms with Gasteiger partial charge in [-0.05, 0) is 29.1 Å². The largest absolute Gasteiger partial charge is 0.0649 e. The van der Waals surface area contributed by atoms with Crippen LogP contribution in [0.25, 0.3) is 0 Å². The second kappa shape index (κ2) is 2.75. The first kappa shape index (κ1) is 10.1. The van der Waals surface area contributed by atoms with Gasteiger partial charge in [0.1, 0.15) is 0 Å². The van der Waals surface area contributed by atoms with Crippen molar-refractivity contribution < 1.29 is 0 Å². The third-order valence-corrected chi connectivity index (χ3v) is 4.54. The molecule has 0 aromatic carbocycles. The van der Waals surface area contributed by atoms with E-state index in [0.29, 0.717) is 10.8 Å². The Kier molecular flexibility index (Phi) is 2.31. The first-order valence-electron chi connectivity index (χ1n) is 5.35. The van der Waals surface area contributed by atoms with Crippen molar-refractivity contribution in [3.8, 4) is 0 Å². The molecule has 0 N–H and O–H groups in total. The zero-order valence-electron chi connectivity index (χ0n) is 9.57. The number of hydrogen-bond donors (Lipinski definition) is 0. The maximum Gasteiger partial charge on any atom is -0.0241 e. The molecule has 0 heteroatoms. The van der Waals surface area contributed by atoms with Crippen molar-refractivity contribution in [2.75, 3.05) is 0 Å². The van der Waals surface area contributed by atoms with Crippen LogP contribution in [0.15, 0.2) is 0 Å². The molecule has 0 spiro atoms. The summed E-state index contributed by atoms with van der Waals surface area (Å²) in [5.74, 6) is 1.85. The summed E-state index contributed by atoms with van der Waals surface area (Å²) >= 11 is 0. The van der Waals surface area contributed by atoms with Gasteiger partial charge in [-0.15, -0.1) is 0 Å². The second-order valence-corrected chi connectivity index (χ2v) is 5.71. The molecule has 0 aromatic heterocycles. The van der Waals surface area contributed by atoms with E-state index in [4.69, 9.17) is 0 Å². The predicted octanol–water partition coefficient (Wildman–Crippen LogP) is 4.10. The summed E-state index contributed by atoms with van der Waals surface area (Å²) in [6.07, 6.45) is 2.76. The molecule has 1 aliphatic rings. The molecule has 1 aliphatic carbocycles. The lowest BCUT2D eigenvalue weighted by atomic mass is 9.72. The molecule has 2 unspecified atom stereocenters. The number of hydrogen-bond acceptors (Lipinski definition) is 0. The van der Waals surface area contributed by atoms with Gasteiger partial charge in [-0.25, -0.2) is 0 Å². The molecule has 0 saturated heterocycles. The van der Waals surface area contributed by atoms with E-state index in [-0.39, 0.29) is 0 Å². The smallest absolute Gasteiger partial charge is 0.0241 e. The molecule has 0 radical (unpaired) electrons. The minimum atomic E-state index is 0.544. The minimum absolute atomic E-state index is 0.544. The highest BCUT2D eigenvalue weighted by molar-refractivity contribution is 5.07. The van der Waals surface area contributed by atoms with Crippen LogP contribution in [0.1, 0.15) is 54.4 Å².